The quantitative estimate of drug-likeness (QED) is 0.569. The van der Waals surface area contributed by atoms with Crippen LogP contribution >= 0.6 is 0 Å². The van der Waals surface area contributed by atoms with Gasteiger partial charge in [0, 0.05) is 17.8 Å². The van der Waals surface area contributed by atoms with Gasteiger partial charge in [-0.05, 0) is 18.2 Å². The van der Waals surface area contributed by atoms with E-state index in [1.807, 2.05) is 6.07 Å². The van der Waals surface area contributed by atoms with Gasteiger partial charge in [0.25, 0.3) is 5.69 Å². The first-order chi connectivity index (χ1) is 10.6. The van der Waals surface area contributed by atoms with Crippen LogP contribution in [0.25, 0.3) is 11.1 Å². The predicted octanol–water partition coefficient (Wildman–Crippen LogP) is 3.38. The van der Waals surface area contributed by atoms with Crippen molar-refractivity contribution < 1.29 is 14.1 Å². The van der Waals surface area contributed by atoms with Crippen LogP contribution in [0.3, 0.4) is 0 Å². The molecule has 0 saturated heterocycles. The van der Waals surface area contributed by atoms with E-state index in [4.69, 9.17) is 4.42 Å². The summed E-state index contributed by atoms with van der Waals surface area (Å²) in [6.45, 7) is 0. The van der Waals surface area contributed by atoms with Gasteiger partial charge >= 0.3 is 12.0 Å². The van der Waals surface area contributed by atoms with E-state index in [0.29, 0.717) is 16.8 Å². The van der Waals surface area contributed by atoms with E-state index in [9.17, 15) is 14.9 Å². The molecule has 2 N–H and O–H groups in total. The maximum Gasteiger partial charge on any atom is 0.327 e. The third-order valence-corrected chi connectivity index (χ3v) is 2.83. The Morgan fingerprint density at radius 2 is 1.91 bits per heavy atom. The van der Waals surface area contributed by atoms with Gasteiger partial charge in [-0.1, -0.05) is 18.2 Å². The van der Waals surface area contributed by atoms with Gasteiger partial charge in [-0.2, -0.15) is 4.98 Å². The summed E-state index contributed by atoms with van der Waals surface area (Å²) >= 11 is 0. The first-order valence-corrected chi connectivity index (χ1v) is 6.30. The number of hydrogen-bond acceptors (Lipinski definition) is 5. The number of para-hydroxylation sites is 1. The van der Waals surface area contributed by atoms with Crippen LogP contribution in [0, 0.1) is 10.1 Å². The molecule has 110 valence electrons. The summed E-state index contributed by atoms with van der Waals surface area (Å²) in [6.07, 6.45) is 0. The number of carbonyl (C=O) groups is 1. The fourth-order valence-corrected chi connectivity index (χ4v) is 1.86. The Kier molecular flexibility index (Phi) is 3.40. The monoisotopic (exact) mass is 298 g/mol. The van der Waals surface area contributed by atoms with Crippen molar-refractivity contribution in [3.63, 3.8) is 0 Å². The zero-order valence-corrected chi connectivity index (χ0v) is 11.1. The molecule has 0 aliphatic carbocycles. The molecular weight excluding hydrogens is 288 g/mol. The van der Waals surface area contributed by atoms with Gasteiger partial charge < -0.3 is 9.73 Å². The highest BCUT2D eigenvalue weighted by Gasteiger charge is 2.13. The van der Waals surface area contributed by atoms with Crippen LogP contribution in [0.1, 0.15) is 0 Å². The fourth-order valence-electron chi connectivity index (χ4n) is 1.86. The zero-order chi connectivity index (χ0) is 15.5. The van der Waals surface area contributed by atoms with Gasteiger partial charge in [-0.25, -0.2) is 4.79 Å². The fraction of sp³-hybridized carbons (Fsp3) is 0. The standard InChI is InChI=1S/C14H10N4O4/c19-13(15-9-4-2-1-3-5-9)17-14-16-11-8-10(18(20)21)6-7-12(11)22-14/h1-8H,(H2,15,16,17,19). The Morgan fingerprint density at radius 1 is 1.14 bits per heavy atom. The lowest BCUT2D eigenvalue weighted by Gasteiger charge is -2.03. The average molecular weight is 298 g/mol. The molecule has 0 unspecified atom stereocenters. The van der Waals surface area contributed by atoms with Crippen LogP contribution in [0.5, 0.6) is 0 Å². The molecule has 0 atom stereocenters. The summed E-state index contributed by atoms with van der Waals surface area (Å²) in [7, 11) is 0. The number of non-ortho nitro benzene ring substituents is 1. The Labute approximate surface area is 123 Å². The van der Waals surface area contributed by atoms with E-state index >= 15 is 0 Å². The van der Waals surface area contributed by atoms with Gasteiger partial charge in [0.15, 0.2) is 5.58 Å². The number of anilines is 2. The van der Waals surface area contributed by atoms with Gasteiger partial charge in [0.1, 0.15) is 5.52 Å². The highest BCUT2D eigenvalue weighted by molar-refractivity contribution is 5.99. The van der Waals surface area contributed by atoms with Crippen molar-refractivity contribution in [2.24, 2.45) is 0 Å². The third kappa shape index (κ3) is 2.85. The van der Waals surface area contributed by atoms with Gasteiger partial charge in [0.2, 0.25) is 0 Å². The van der Waals surface area contributed by atoms with E-state index in [1.54, 1.807) is 24.3 Å². The molecule has 8 heteroatoms. The predicted molar refractivity (Wildman–Crippen MR) is 79.7 cm³/mol. The summed E-state index contributed by atoms with van der Waals surface area (Å²) in [5.74, 6) is 0. The highest BCUT2D eigenvalue weighted by Crippen LogP contribution is 2.23. The molecule has 8 nitrogen and oxygen atoms in total. The first-order valence-electron chi connectivity index (χ1n) is 6.30. The van der Waals surface area contributed by atoms with E-state index in [1.165, 1.54) is 18.2 Å². The molecule has 0 spiro atoms. The minimum absolute atomic E-state index is 0.0380. The number of carbonyl (C=O) groups excluding carboxylic acids is 1. The summed E-state index contributed by atoms with van der Waals surface area (Å²) in [5, 5.41) is 15.7. The van der Waals surface area contributed by atoms with E-state index < -0.39 is 11.0 Å². The number of hydrogen-bond donors (Lipinski definition) is 2. The molecule has 22 heavy (non-hydrogen) atoms. The molecule has 0 aliphatic rings. The number of fused-ring (bicyclic) bond motifs is 1. The largest absolute Gasteiger partial charge is 0.423 e. The molecular formula is C14H10N4O4. The van der Waals surface area contributed by atoms with Crippen molar-refractivity contribution >= 4 is 34.5 Å². The van der Waals surface area contributed by atoms with Gasteiger partial charge in [0.05, 0.1) is 4.92 Å². The Bertz CT molecular complexity index is 844. The number of nitrogens with one attached hydrogen (secondary N) is 2. The minimum Gasteiger partial charge on any atom is -0.423 e. The zero-order valence-electron chi connectivity index (χ0n) is 11.1. The van der Waals surface area contributed by atoms with Crippen molar-refractivity contribution in [3.05, 3.63) is 58.6 Å². The summed E-state index contributed by atoms with van der Waals surface area (Å²) < 4.78 is 5.31. The maximum absolute atomic E-state index is 11.8. The van der Waals surface area contributed by atoms with E-state index in [0.717, 1.165) is 0 Å². The van der Waals surface area contributed by atoms with Crippen LogP contribution in [0.2, 0.25) is 0 Å². The molecule has 2 amide bonds. The topological polar surface area (TPSA) is 110 Å². The smallest absolute Gasteiger partial charge is 0.327 e. The number of nitrogens with zero attached hydrogens (tertiary/aromatic N) is 2. The summed E-state index contributed by atoms with van der Waals surface area (Å²) in [4.78, 5) is 26.0. The average Bonchev–Trinajstić information content (AvgIpc) is 2.89. The molecule has 0 fully saturated rings. The van der Waals surface area contributed by atoms with Gasteiger partial charge in [-0.15, -0.1) is 0 Å². The molecule has 0 saturated carbocycles. The second kappa shape index (κ2) is 5.52. The van der Waals surface area contributed by atoms with E-state index in [2.05, 4.69) is 15.6 Å². The van der Waals surface area contributed by atoms with Crippen molar-refractivity contribution in [1.29, 1.82) is 0 Å². The second-order valence-corrected chi connectivity index (χ2v) is 4.37. The lowest BCUT2D eigenvalue weighted by molar-refractivity contribution is -0.384. The number of rotatable bonds is 3. The lowest BCUT2D eigenvalue weighted by atomic mass is 10.3. The van der Waals surface area contributed by atoms with Crippen molar-refractivity contribution in [2.45, 2.75) is 0 Å². The number of benzene rings is 2. The number of amides is 2. The number of aromatic nitrogens is 1. The van der Waals surface area contributed by atoms with Crippen LogP contribution in [0.15, 0.2) is 52.9 Å². The molecule has 0 aliphatic heterocycles. The van der Waals surface area contributed by atoms with Crippen molar-refractivity contribution in [1.82, 2.24) is 4.98 Å². The molecule has 0 bridgehead atoms. The van der Waals surface area contributed by atoms with Crippen LogP contribution in [0.4, 0.5) is 22.2 Å². The molecule has 2 aromatic carbocycles. The van der Waals surface area contributed by atoms with Crippen LogP contribution in [-0.2, 0) is 0 Å². The first kappa shape index (κ1) is 13.6. The third-order valence-electron chi connectivity index (χ3n) is 2.83. The normalized spacial score (nSPS) is 10.4. The van der Waals surface area contributed by atoms with E-state index in [-0.39, 0.29) is 11.7 Å². The summed E-state index contributed by atoms with van der Waals surface area (Å²) in [5.41, 5.74) is 1.16. The minimum atomic E-state index is -0.524. The van der Waals surface area contributed by atoms with Crippen molar-refractivity contribution in [2.75, 3.05) is 10.6 Å². The Morgan fingerprint density at radius 3 is 2.64 bits per heavy atom. The molecule has 0 radical (unpaired) electrons. The molecule has 1 aromatic heterocycles. The molecule has 1 heterocycles. The number of nitro groups is 1. The maximum atomic E-state index is 11.8. The number of urea groups is 1. The Balaban J connectivity index is 1.76. The number of oxazole rings is 1. The molecule has 3 rings (SSSR count). The molecule has 3 aromatic rings. The lowest BCUT2D eigenvalue weighted by Crippen LogP contribution is -2.19. The second-order valence-electron chi connectivity index (χ2n) is 4.37. The van der Waals surface area contributed by atoms with Crippen LogP contribution in [-0.4, -0.2) is 15.9 Å². The summed E-state index contributed by atoms with van der Waals surface area (Å²) in [6, 6.07) is 12.3. The Hall–Kier alpha value is -3.42. The highest BCUT2D eigenvalue weighted by atomic mass is 16.6. The van der Waals surface area contributed by atoms with Crippen LogP contribution < -0.4 is 10.6 Å². The van der Waals surface area contributed by atoms with Crippen molar-refractivity contribution in [3.8, 4) is 0 Å². The SMILES string of the molecule is O=C(Nc1ccccc1)Nc1nc2cc([N+](=O)[O-])ccc2o1. The number of nitro benzene ring substituents is 1. The van der Waals surface area contributed by atoms with Gasteiger partial charge in [-0.3, -0.25) is 15.4 Å².